The maximum Gasteiger partial charge on any atom is 0.267 e. The normalized spacial score (nSPS) is 11.2. The van der Waals surface area contributed by atoms with E-state index in [1.54, 1.807) is 27.7 Å². The summed E-state index contributed by atoms with van der Waals surface area (Å²) in [4.78, 5) is 26.5. The van der Waals surface area contributed by atoms with Crippen LogP contribution in [0.3, 0.4) is 0 Å². The first-order valence-electron chi connectivity index (χ1n) is 11.5. The molecule has 0 radical (unpaired) electrons. The van der Waals surface area contributed by atoms with Gasteiger partial charge in [0.1, 0.15) is 11.4 Å². The summed E-state index contributed by atoms with van der Waals surface area (Å²) in [5.41, 5.74) is 3.73. The lowest BCUT2D eigenvalue weighted by molar-refractivity contribution is -0.132. The highest BCUT2D eigenvalue weighted by Gasteiger charge is 2.20. The summed E-state index contributed by atoms with van der Waals surface area (Å²) in [5.74, 6) is 0.500. The molecule has 0 atom stereocenters. The molecular formula is C26H29N5O3. The first-order chi connectivity index (χ1) is 16.4. The quantitative estimate of drug-likeness (QED) is 0.397. The third-order valence-corrected chi connectivity index (χ3v) is 5.70. The zero-order valence-corrected chi connectivity index (χ0v) is 19.9. The molecule has 3 heterocycles. The van der Waals surface area contributed by atoms with Crippen molar-refractivity contribution in [3.05, 3.63) is 71.1 Å². The number of pyridine rings is 1. The van der Waals surface area contributed by atoms with Crippen LogP contribution in [-0.2, 0) is 4.79 Å². The van der Waals surface area contributed by atoms with Gasteiger partial charge in [-0.15, -0.1) is 0 Å². The van der Waals surface area contributed by atoms with E-state index in [0.29, 0.717) is 24.5 Å². The summed E-state index contributed by atoms with van der Waals surface area (Å²) in [5, 5.41) is 9.45. The molecule has 3 aromatic heterocycles. The Morgan fingerprint density at radius 2 is 1.76 bits per heavy atom. The van der Waals surface area contributed by atoms with Gasteiger partial charge in [-0.2, -0.15) is 10.2 Å². The second-order valence-corrected chi connectivity index (χ2v) is 8.23. The van der Waals surface area contributed by atoms with Crippen LogP contribution >= 0.6 is 0 Å². The number of carbonyl (C=O) groups excluding carboxylic acids is 1. The van der Waals surface area contributed by atoms with Crippen LogP contribution in [0.25, 0.3) is 28.0 Å². The van der Waals surface area contributed by atoms with Gasteiger partial charge >= 0.3 is 0 Å². The largest absolute Gasteiger partial charge is 0.484 e. The lowest BCUT2D eigenvalue weighted by Crippen LogP contribution is -2.34. The van der Waals surface area contributed by atoms with E-state index in [9.17, 15) is 9.59 Å². The lowest BCUT2D eigenvalue weighted by Gasteiger charge is -2.18. The number of fused-ring (bicyclic) bond motifs is 1. The Balaban J connectivity index is 1.83. The summed E-state index contributed by atoms with van der Waals surface area (Å²) in [7, 11) is 0. The highest BCUT2D eigenvalue weighted by molar-refractivity contribution is 5.91. The van der Waals surface area contributed by atoms with Crippen LogP contribution in [0.5, 0.6) is 5.75 Å². The predicted molar refractivity (Wildman–Crippen MR) is 132 cm³/mol. The smallest absolute Gasteiger partial charge is 0.267 e. The van der Waals surface area contributed by atoms with Gasteiger partial charge in [-0.25, -0.2) is 9.20 Å². The maximum atomic E-state index is 12.4. The second kappa shape index (κ2) is 9.91. The van der Waals surface area contributed by atoms with Gasteiger partial charge in [0, 0.05) is 37.0 Å². The van der Waals surface area contributed by atoms with Gasteiger partial charge < -0.3 is 9.64 Å². The molecule has 0 unspecified atom stereocenters. The molecule has 34 heavy (non-hydrogen) atoms. The summed E-state index contributed by atoms with van der Waals surface area (Å²) in [6, 6.07) is 16.7. The van der Waals surface area contributed by atoms with Crippen molar-refractivity contribution in [2.75, 3.05) is 19.7 Å². The average Bonchev–Trinajstić information content (AvgIpc) is 3.23. The number of nitrogens with zero attached hydrogens (tertiary/aromatic N) is 5. The predicted octanol–water partition coefficient (Wildman–Crippen LogP) is 4.05. The first kappa shape index (κ1) is 23.2. The fraction of sp³-hybridized carbons (Fsp3) is 0.308. The minimum atomic E-state index is -0.157. The molecule has 0 N–H and O–H groups in total. The van der Waals surface area contributed by atoms with Crippen molar-refractivity contribution in [1.82, 2.24) is 24.3 Å². The Hall–Kier alpha value is -3.94. The molecule has 0 bridgehead atoms. The summed E-state index contributed by atoms with van der Waals surface area (Å²) < 4.78 is 9.08. The summed E-state index contributed by atoms with van der Waals surface area (Å²) in [6.07, 6.45) is 1.81. The van der Waals surface area contributed by atoms with Gasteiger partial charge in [0.05, 0.1) is 22.8 Å². The van der Waals surface area contributed by atoms with E-state index in [-0.39, 0.29) is 24.1 Å². The molecule has 0 aliphatic carbocycles. The molecule has 176 valence electrons. The number of aromatic nitrogens is 4. The molecule has 0 aliphatic rings. The van der Waals surface area contributed by atoms with E-state index in [1.165, 1.54) is 10.7 Å². The van der Waals surface area contributed by atoms with Crippen LogP contribution in [0.1, 0.15) is 33.7 Å². The van der Waals surface area contributed by atoms with Crippen molar-refractivity contribution in [3.63, 3.8) is 0 Å². The van der Waals surface area contributed by atoms with Crippen molar-refractivity contribution in [2.24, 2.45) is 0 Å². The Morgan fingerprint density at radius 3 is 2.44 bits per heavy atom. The third kappa shape index (κ3) is 4.57. The van der Waals surface area contributed by atoms with Gasteiger partial charge in [-0.05, 0) is 39.8 Å². The average molecular weight is 460 g/mol. The van der Waals surface area contributed by atoms with Crippen molar-refractivity contribution < 1.29 is 9.53 Å². The van der Waals surface area contributed by atoms with Gasteiger partial charge in [-0.3, -0.25) is 9.59 Å². The Morgan fingerprint density at radius 1 is 1.03 bits per heavy atom. The Labute approximate surface area is 198 Å². The summed E-state index contributed by atoms with van der Waals surface area (Å²) in [6.45, 7) is 8.98. The van der Waals surface area contributed by atoms with Crippen LogP contribution in [-0.4, -0.2) is 49.9 Å². The monoisotopic (exact) mass is 459 g/mol. The maximum absolute atomic E-state index is 12.4. The van der Waals surface area contributed by atoms with Crippen LogP contribution in [0.4, 0.5) is 0 Å². The molecule has 8 heteroatoms. The minimum Gasteiger partial charge on any atom is -0.484 e. The van der Waals surface area contributed by atoms with E-state index >= 15 is 0 Å². The van der Waals surface area contributed by atoms with Gasteiger partial charge in [0.15, 0.2) is 6.61 Å². The highest BCUT2D eigenvalue weighted by Crippen LogP contribution is 2.35. The van der Waals surface area contributed by atoms with Crippen LogP contribution in [0.2, 0.25) is 0 Å². The van der Waals surface area contributed by atoms with Crippen molar-refractivity contribution in [3.8, 4) is 28.3 Å². The molecule has 0 saturated carbocycles. The lowest BCUT2D eigenvalue weighted by atomic mass is 10.0. The van der Waals surface area contributed by atoms with E-state index < -0.39 is 0 Å². The van der Waals surface area contributed by atoms with E-state index in [2.05, 4.69) is 5.10 Å². The number of amides is 1. The third-order valence-electron chi connectivity index (χ3n) is 5.70. The zero-order valence-electron chi connectivity index (χ0n) is 19.9. The molecule has 0 fully saturated rings. The van der Waals surface area contributed by atoms with Gasteiger partial charge in [0.25, 0.3) is 11.5 Å². The Kier molecular flexibility index (Phi) is 6.77. The fourth-order valence-corrected chi connectivity index (χ4v) is 3.91. The standard InChI is InChI=1S/C26H29N5O3/c1-5-29(6-2)24(33)17-34-20-14-15-30-22(16-20)25(26(28-30)19-10-8-7-9-11-19)21-12-13-23(32)31(27-21)18(3)4/h7-16,18H,5-6,17H2,1-4H3. The topological polar surface area (TPSA) is 81.7 Å². The number of hydrogen-bond donors (Lipinski definition) is 0. The van der Waals surface area contributed by atoms with Gasteiger partial charge in [0.2, 0.25) is 0 Å². The first-order valence-corrected chi connectivity index (χ1v) is 11.5. The molecule has 1 aromatic carbocycles. The Bertz CT molecular complexity index is 1350. The van der Waals surface area contributed by atoms with E-state index in [1.807, 2.05) is 64.1 Å². The molecule has 4 rings (SSSR count). The van der Waals surface area contributed by atoms with Crippen LogP contribution in [0, 0.1) is 0 Å². The fourth-order valence-electron chi connectivity index (χ4n) is 3.91. The zero-order chi connectivity index (χ0) is 24.2. The van der Waals surface area contributed by atoms with E-state index in [4.69, 9.17) is 9.84 Å². The van der Waals surface area contributed by atoms with E-state index in [0.717, 1.165) is 22.3 Å². The molecule has 0 spiro atoms. The number of rotatable bonds is 8. The molecule has 0 aliphatic heterocycles. The second-order valence-electron chi connectivity index (χ2n) is 8.23. The summed E-state index contributed by atoms with van der Waals surface area (Å²) >= 11 is 0. The number of benzene rings is 1. The molecule has 1 amide bonds. The molecule has 8 nitrogen and oxygen atoms in total. The van der Waals surface area contributed by atoms with Crippen LogP contribution < -0.4 is 10.3 Å². The minimum absolute atomic E-state index is 0.0383. The van der Waals surface area contributed by atoms with Crippen molar-refractivity contribution >= 4 is 11.4 Å². The SMILES string of the molecule is CCN(CC)C(=O)COc1ccn2nc(-c3ccccc3)c(-c3ccc(=O)n(C(C)C)n3)c2c1. The number of carbonyl (C=O) groups is 1. The van der Waals surface area contributed by atoms with Crippen molar-refractivity contribution in [2.45, 2.75) is 33.7 Å². The number of ether oxygens (including phenoxy) is 1. The number of likely N-dealkylation sites (N-methyl/N-ethyl adjacent to an activating group) is 1. The molecule has 0 saturated heterocycles. The van der Waals surface area contributed by atoms with Gasteiger partial charge in [-0.1, -0.05) is 30.3 Å². The van der Waals surface area contributed by atoms with Crippen molar-refractivity contribution in [1.29, 1.82) is 0 Å². The molecular weight excluding hydrogens is 430 g/mol. The van der Waals surface area contributed by atoms with Crippen LogP contribution in [0.15, 0.2) is 65.6 Å². The highest BCUT2D eigenvalue weighted by atomic mass is 16.5. The number of hydrogen-bond acceptors (Lipinski definition) is 5. The molecule has 4 aromatic rings.